The van der Waals surface area contributed by atoms with E-state index in [2.05, 4.69) is 0 Å². The zero-order chi connectivity index (χ0) is 13.1. The van der Waals surface area contributed by atoms with Crippen LogP contribution in [0.15, 0.2) is 47.4 Å². The van der Waals surface area contributed by atoms with E-state index in [-0.39, 0.29) is 11.6 Å². The van der Waals surface area contributed by atoms with Crippen molar-refractivity contribution in [1.82, 2.24) is 0 Å². The molecule has 0 aliphatic carbocycles. The van der Waals surface area contributed by atoms with Crippen molar-refractivity contribution in [1.29, 1.82) is 0 Å². The topological polar surface area (TPSA) is 17.1 Å². The molecule has 18 heavy (non-hydrogen) atoms. The van der Waals surface area contributed by atoms with Crippen LogP contribution in [0.25, 0.3) is 0 Å². The van der Waals surface area contributed by atoms with Crippen molar-refractivity contribution in [3.05, 3.63) is 65.0 Å². The molecule has 2 aromatic rings. The Morgan fingerprint density at radius 3 is 2.56 bits per heavy atom. The molecule has 0 aromatic heterocycles. The van der Waals surface area contributed by atoms with Gasteiger partial charge in [-0.05, 0) is 49.1 Å². The molecule has 0 atom stereocenters. The first-order valence-corrected chi connectivity index (χ1v) is 6.80. The van der Waals surface area contributed by atoms with Gasteiger partial charge in [0.25, 0.3) is 0 Å². The highest BCUT2D eigenvalue weighted by Gasteiger charge is 2.13. The summed E-state index contributed by atoms with van der Waals surface area (Å²) < 4.78 is 13.2. The van der Waals surface area contributed by atoms with Gasteiger partial charge in [-0.15, -0.1) is 11.8 Å². The van der Waals surface area contributed by atoms with E-state index in [1.54, 1.807) is 19.1 Å². The molecule has 0 saturated carbocycles. The van der Waals surface area contributed by atoms with Gasteiger partial charge in [-0.3, -0.25) is 4.79 Å². The Morgan fingerprint density at radius 1 is 1.17 bits per heavy atom. The Balaban J connectivity index is 2.44. The second-order valence-electron chi connectivity index (χ2n) is 3.99. The summed E-state index contributed by atoms with van der Waals surface area (Å²) in [6, 6.07) is 11.9. The Bertz CT molecular complexity index is 593. The molecule has 0 bridgehead atoms. The van der Waals surface area contributed by atoms with Crippen LogP contribution >= 0.6 is 11.8 Å². The summed E-state index contributed by atoms with van der Waals surface area (Å²) in [5.41, 5.74) is 1.67. The predicted octanol–water partition coefficient (Wildman–Crippen LogP) is 4.09. The van der Waals surface area contributed by atoms with Gasteiger partial charge in [0.2, 0.25) is 0 Å². The third-order valence-electron chi connectivity index (χ3n) is 2.77. The summed E-state index contributed by atoms with van der Waals surface area (Å²) in [6.45, 7) is 1.66. The van der Waals surface area contributed by atoms with Gasteiger partial charge in [0.15, 0.2) is 5.78 Å². The fourth-order valence-electron chi connectivity index (χ4n) is 1.77. The number of hydrogen-bond acceptors (Lipinski definition) is 2. The molecule has 2 aromatic carbocycles. The van der Waals surface area contributed by atoms with Crippen molar-refractivity contribution in [3.8, 4) is 0 Å². The lowest BCUT2D eigenvalue weighted by Crippen LogP contribution is -2.03. The lowest BCUT2D eigenvalue weighted by atomic mass is 10.0. The van der Waals surface area contributed by atoms with Crippen molar-refractivity contribution in [3.63, 3.8) is 0 Å². The molecule has 0 heterocycles. The van der Waals surface area contributed by atoms with E-state index in [1.165, 1.54) is 23.9 Å². The predicted molar refractivity (Wildman–Crippen MR) is 72.8 cm³/mol. The number of rotatable bonds is 3. The Morgan fingerprint density at radius 2 is 1.89 bits per heavy atom. The molecular weight excluding hydrogens is 247 g/mol. The number of ketones is 1. The van der Waals surface area contributed by atoms with Crippen LogP contribution in [0, 0.1) is 12.7 Å². The van der Waals surface area contributed by atoms with Gasteiger partial charge >= 0.3 is 0 Å². The number of halogens is 1. The lowest BCUT2D eigenvalue weighted by Gasteiger charge is -2.07. The molecule has 2 rings (SSSR count). The first-order chi connectivity index (χ1) is 8.63. The van der Waals surface area contributed by atoms with Crippen molar-refractivity contribution in [2.24, 2.45) is 0 Å². The average molecular weight is 260 g/mol. The SMILES string of the molecule is CSc1ccccc1C(=O)c1ccc(F)c(C)c1. The van der Waals surface area contributed by atoms with Crippen LogP contribution in [0.2, 0.25) is 0 Å². The van der Waals surface area contributed by atoms with E-state index in [4.69, 9.17) is 0 Å². The minimum atomic E-state index is -0.287. The molecule has 0 aliphatic rings. The van der Waals surface area contributed by atoms with Gasteiger partial charge in [0.1, 0.15) is 5.82 Å². The molecule has 0 radical (unpaired) electrons. The smallest absolute Gasteiger partial charge is 0.194 e. The van der Waals surface area contributed by atoms with Crippen LogP contribution in [0.5, 0.6) is 0 Å². The van der Waals surface area contributed by atoms with Gasteiger partial charge in [-0.1, -0.05) is 12.1 Å². The van der Waals surface area contributed by atoms with Gasteiger partial charge in [0.05, 0.1) is 0 Å². The van der Waals surface area contributed by atoms with E-state index >= 15 is 0 Å². The molecule has 0 spiro atoms. The third kappa shape index (κ3) is 2.46. The number of carbonyl (C=O) groups is 1. The van der Waals surface area contributed by atoms with Gasteiger partial charge in [0, 0.05) is 16.0 Å². The van der Waals surface area contributed by atoms with Crippen LogP contribution in [-0.2, 0) is 0 Å². The molecule has 0 aliphatic heterocycles. The molecule has 3 heteroatoms. The molecular formula is C15H13FOS. The molecule has 0 unspecified atom stereocenters. The third-order valence-corrected chi connectivity index (χ3v) is 3.57. The van der Waals surface area contributed by atoms with Crippen LogP contribution < -0.4 is 0 Å². The number of benzene rings is 2. The summed E-state index contributed by atoms with van der Waals surface area (Å²) in [6.07, 6.45) is 1.93. The molecule has 0 saturated heterocycles. The Hall–Kier alpha value is -1.61. The zero-order valence-electron chi connectivity index (χ0n) is 10.2. The summed E-state index contributed by atoms with van der Waals surface area (Å²) in [5.74, 6) is -0.354. The number of thioether (sulfide) groups is 1. The second kappa shape index (κ2) is 5.36. The summed E-state index contributed by atoms with van der Waals surface area (Å²) >= 11 is 1.53. The fourth-order valence-corrected chi connectivity index (χ4v) is 2.37. The van der Waals surface area contributed by atoms with Crippen LogP contribution in [0.4, 0.5) is 4.39 Å². The fraction of sp³-hybridized carbons (Fsp3) is 0.133. The minimum Gasteiger partial charge on any atom is -0.289 e. The van der Waals surface area contributed by atoms with Crippen LogP contribution in [-0.4, -0.2) is 12.0 Å². The highest BCUT2D eigenvalue weighted by atomic mass is 32.2. The largest absolute Gasteiger partial charge is 0.289 e. The number of aryl methyl sites for hydroxylation is 1. The van der Waals surface area contributed by atoms with E-state index in [0.29, 0.717) is 16.7 Å². The van der Waals surface area contributed by atoms with E-state index in [9.17, 15) is 9.18 Å². The number of carbonyl (C=O) groups excluding carboxylic acids is 1. The van der Waals surface area contributed by atoms with Crippen LogP contribution in [0.1, 0.15) is 21.5 Å². The minimum absolute atomic E-state index is 0.0666. The van der Waals surface area contributed by atoms with Crippen molar-refractivity contribution in [2.45, 2.75) is 11.8 Å². The van der Waals surface area contributed by atoms with Crippen molar-refractivity contribution >= 4 is 17.5 Å². The molecule has 92 valence electrons. The van der Waals surface area contributed by atoms with Crippen molar-refractivity contribution < 1.29 is 9.18 Å². The van der Waals surface area contributed by atoms with Gasteiger partial charge < -0.3 is 0 Å². The second-order valence-corrected chi connectivity index (χ2v) is 4.84. The first-order valence-electron chi connectivity index (χ1n) is 5.57. The maximum atomic E-state index is 13.2. The highest BCUT2D eigenvalue weighted by molar-refractivity contribution is 7.98. The average Bonchev–Trinajstić information content (AvgIpc) is 2.41. The van der Waals surface area contributed by atoms with Crippen molar-refractivity contribution in [2.75, 3.05) is 6.26 Å². The van der Waals surface area contributed by atoms with Gasteiger partial charge in [-0.25, -0.2) is 4.39 Å². The standard InChI is InChI=1S/C15H13FOS/c1-10-9-11(7-8-13(10)16)15(17)12-5-3-4-6-14(12)18-2/h3-9H,1-2H3. The molecule has 0 amide bonds. The Kier molecular flexibility index (Phi) is 3.82. The summed E-state index contributed by atoms with van der Waals surface area (Å²) in [5, 5.41) is 0. The quantitative estimate of drug-likeness (QED) is 0.611. The monoisotopic (exact) mass is 260 g/mol. The normalized spacial score (nSPS) is 10.4. The summed E-state index contributed by atoms with van der Waals surface area (Å²) in [7, 11) is 0. The lowest BCUT2D eigenvalue weighted by molar-refractivity contribution is 0.103. The van der Waals surface area contributed by atoms with Crippen LogP contribution in [0.3, 0.4) is 0 Å². The van der Waals surface area contributed by atoms with E-state index < -0.39 is 0 Å². The molecule has 0 N–H and O–H groups in total. The molecule has 0 fully saturated rings. The van der Waals surface area contributed by atoms with Gasteiger partial charge in [-0.2, -0.15) is 0 Å². The maximum absolute atomic E-state index is 13.2. The molecule has 1 nitrogen and oxygen atoms in total. The zero-order valence-corrected chi connectivity index (χ0v) is 11.1. The summed E-state index contributed by atoms with van der Waals surface area (Å²) in [4.78, 5) is 13.3. The highest BCUT2D eigenvalue weighted by Crippen LogP contribution is 2.23. The van der Waals surface area contributed by atoms with E-state index in [0.717, 1.165) is 4.90 Å². The maximum Gasteiger partial charge on any atom is 0.194 e. The Labute approximate surface area is 110 Å². The number of hydrogen-bond donors (Lipinski definition) is 0. The first kappa shape index (κ1) is 12.8. The van der Waals surface area contributed by atoms with E-state index in [1.807, 2.05) is 24.5 Å².